The summed E-state index contributed by atoms with van der Waals surface area (Å²) in [7, 11) is 0. The molecule has 0 aromatic heterocycles. The summed E-state index contributed by atoms with van der Waals surface area (Å²) in [4.78, 5) is 23.3. The molecule has 5 nitrogen and oxygen atoms in total. The molecule has 0 radical (unpaired) electrons. The fraction of sp³-hybridized carbons (Fsp3) is 0.263. The van der Waals surface area contributed by atoms with Gasteiger partial charge in [0.15, 0.2) is 0 Å². The molecule has 1 amide bonds. The second kappa shape index (κ2) is 9.34. The van der Waals surface area contributed by atoms with Crippen LogP contribution in [0.5, 0.6) is 0 Å². The highest BCUT2D eigenvalue weighted by atomic mass is 79.9. The SMILES string of the molecule is CCOC(=O)CN[C@H](c1ccccc1)c1cc(Br)ccc1NC(C)=O. The summed E-state index contributed by atoms with van der Waals surface area (Å²) in [5.41, 5.74) is 2.54. The Kier molecular flexibility index (Phi) is 7.16. The van der Waals surface area contributed by atoms with Crippen LogP contribution in [0.4, 0.5) is 5.69 Å². The van der Waals surface area contributed by atoms with Crippen LogP contribution in [-0.4, -0.2) is 25.0 Å². The zero-order chi connectivity index (χ0) is 18.2. The van der Waals surface area contributed by atoms with Gasteiger partial charge in [0.1, 0.15) is 0 Å². The van der Waals surface area contributed by atoms with Gasteiger partial charge in [-0.3, -0.25) is 14.9 Å². The van der Waals surface area contributed by atoms with E-state index in [2.05, 4.69) is 26.6 Å². The lowest BCUT2D eigenvalue weighted by Crippen LogP contribution is -2.30. The number of rotatable bonds is 7. The van der Waals surface area contributed by atoms with E-state index in [1.165, 1.54) is 6.92 Å². The van der Waals surface area contributed by atoms with Crippen LogP contribution in [0.25, 0.3) is 0 Å². The highest BCUT2D eigenvalue weighted by Gasteiger charge is 2.19. The lowest BCUT2D eigenvalue weighted by Gasteiger charge is -2.22. The molecule has 1 atom stereocenters. The maximum absolute atomic E-state index is 11.8. The number of benzene rings is 2. The third kappa shape index (κ3) is 5.69. The van der Waals surface area contributed by atoms with Crippen LogP contribution in [0.15, 0.2) is 53.0 Å². The molecular weight excluding hydrogens is 384 g/mol. The van der Waals surface area contributed by atoms with Gasteiger partial charge in [-0.15, -0.1) is 0 Å². The molecule has 132 valence electrons. The Bertz CT molecular complexity index is 735. The molecule has 0 bridgehead atoms. The molecule has 6 heteroatoms. The molecule has 0 heterocycles. The summed E-state index contributed by atoms with van der Waals surface area (Å²) in [6, 6.07) is 15.1. The van der Waals surface area contributed by atoms with Crippen molar-refractivity contribution in [1.82, 2.24) is 5.32 Å². The quantitative estimate of drug-likeness (QED) is 0.691. The Labute approximate surface area is 155 Å². The number of carbonyl (C=O) groups excluding carboxylic acids is 2. The van der Waals surface area contributed by atoms with E-state index in [0.29, 0.717) is 12.3 Å². The minimum atomic E-state index is -0.320. The van der Waals surface area contributed by atoms with Crippen molar-refractivity contribution in [3.8, 4) is 0 Å². The van der Waals surface area contributed by atoms with E-state index in [0.717, 1.165) is 15.6 Å². The first-order valence-corrected chi connectivity index (χ1v) is 8.81. The summed E-state index contributed by atoms with van der Waals surface area (Å²) in [5.74, 6) is -0.472. The number of ether oxygens (including phenoxy) is 1. The van der Waals surface area contributed by atoms with Crippen LogP contribution in [0.2, 0.25) is 0 Å². The van der Waals surface area contributed by atoms with Gasteiger partial charge in [0.2, 0.25) is 5.91 Å². The lowest BCUT2D eigenvalue weighted by molar-refractivity contribution is -0.142. The third-order valence-corrected chi connectivity index (χ3v) is 4.02. The topological polar surface area (TPSA) is 67.4 Å². The summed E-state index contributed by atoms with van der Waals surface area (Å²) in [5, 5.41) is 6.08. The average Bonchev–Trinajstić information content (AvgIpc) is 2.58. The van der Waals surface area contributed by atoms with E-state index in [1.807, 2.05) is 48.5 Å². The molecule has 0 fully saturated rings. The van der Waals surface area contributed by atoms with Gasteiger partial charge in [-0.1, -0.05) is 46.3 Å². The molecule has 2 rings (SSSR count). The van der Waals surface area contributed by atoms with E-state index in [4.69, 9.17) is 4.74 Å². The van der Waals surface area contributed by atoms with Gasteiger partial charge in [-0.05, 0) is 36.2 Å². The molecule has 0 saturated carbocycles. The van der Waals surface area contributed by atoms with Crippen molar-refractivity contribution in [2.45, 2.75) is 19.9 Å². The number of halogens is 1. The van der Waals surface area contributed by atoms with Crippen LogP contribution >= 0.6 is 15.9 Å². The van der Waals surface area contributed by atoms with Crippen molar-refractivity contribution in [2.75, 3.05) is 18.5 Å². The third-order valence-electron chi connectivity index (χ3n) is 3.52. The maximum Gasteiger partial charge on any atom is 0.319 e. The Hall–Kier alpha value is -2.18. The zero-order valence-corrected chi connectivity index (χ0v) is 15.8. The molecule has 0 saturated heterocycles. The van der Waals surface area contributed by atoms with Crippen LogP contribution < -0.4 is 10.6 Å². The average molecular weight is 405 g/mol. The summed E-state index contributed by atoms with van der Waals surface area (Å²) >= 11 is 3.48. The minimum Gasteiger partial charge on any atom is -0.465 e. The standard InChI is InChI=1S/C19H21BrN2O3/c1-3-25-18(24)12-21-19(14-7-5-4-6-8-14)16-11-15(20)9-10-17(16)22-13(2)23/h4-11,19,21H,3,12H2,1-2H3,(H,22,23)/t19-/m1/s1. The van der Waals surface area contributed by atoms with Crippen LogP contribution in [0, 0.1) is 0 Å². The highest BCUT2D eigenvalue weighted by Crippen LogP contribution is 2.31. The molecule has 0 spiro atoms. The van der Waals surface area contributed by atoms with Crippen LogP contribution in [0.3, 0.4) is 0 Å². The summed E-state index contributed by atoms with van der Waals surface area (Å²) in [6.07, 6.45) is 0. The normalized spacial score (nSPS) is 11.6. The number of hydrogen-bond donors (Lipinski definition) is 2. The Balaban J connectivity index is 2.39. The second-order valence-corrected chi connectivity index (χ2v) is 6.36. The van der Waals surface area contributed by atoms with Crippen LogP contribution in [-0.2, 0) is 14.3 Å². The molecular formula is C19H21BrN2O3. The molecule has 0 aliphatic carbocycles. The Morgan fingerprint density at radius 2 is 1.88 bits per heavy atom. The number of esters is 1. The van der Waals surface area contributed by atoms with Crippen molar-refractivity contribution < 1.29 is 14.3 Å². The van der Waals surface area contributed by atoms with E-state index in [-0.39, 0.29) is 24.5 Å². The van der Waals surface area contributed by atoms with E-state index in [9.17, 15) is 9.59 Å². The lowest BCUT2D eigenvalue weighted by atomic mass is 9.97. The smallest absolute Gasteiger partial charge is 0.319 e. The predicted molar refractivity (Wildman–Crippen MR) is 101 cm³/mol. The second-order valence-electron chi connectivity index (χ2n) is 5.44. The molecule has 2 aromatic carbocycles. The fourth-order valence-electron chi connectivity index (χ4n) is 2.53. The fourth-order valence-corrected chi connectivity index (χ4v) is 2.90. The number of anilines is 1. The minimum absolute atomic E-state index is 0.0689. The number of amides is 1. The van der Waals surface area contributed by atoms with Crippen molar-refractivity contribution in [1.29, 1.82) is 0 Å². The monoisotopic (exact) mass is 404 g/mol. The molecule has 25 heavy (non-hydrogen) atoms. The van der Waals surface area contributed by atoms with Crippen molar-refractivity contribution in [3.63, 3.8) is 0 Å². The van der Waals surface area contributed by atoms with Gasteiger partial charge >= 0.3 is 5.97 Å². The number of carbonyl (C=O) groups is 2. The van der Waals surface area contributed by atoms with Crippen molar-refractivity contribution in [3.05, 3.63) is 64.1 Å². The molecule has 0 aliphatic rings. The van der Waals surface area contributed by atoms with Gasteiger partial charge in [-0.25, -0.2) is 0 Å². The first-order valence-electron chi connectivity index (χ1n) is 8.02. The van der Waals surface area contributed by atoms with Gasteiger partial charge in [-0.2, -0.15) is 0 Å². The van der Waals surface area contributed by atoms with Gasteiger partial charge in [0.05, 0.1) is 19.2 Å². The van der Waals surface area contributed by atoms with Gasteiger partial charge < -0.3 is 10.1 Å². The van der Waals surface area contributed by atoms with Crippen LogP contribution in [0.1, 0.15) is 31.0 Å². The first kappa shape index (κ1) is 19.1. The number of hydrogen-bond acceptors (Lipinski definition) is 4. The largest absolute Gasteiger partial charge is 0.465 e. The van der Waals surface area contributed by atoms with Gasteiger partial charge in [0.25, 0.3) is 0 Å². The van der Waals surface area contributed by atoms with Gasteiger partial charge in [0, 0.05) is 17.1 Å². The number of nitrogens with one attached hydrogen (secondary N) is 2. The maximum atomic E-state index is 11.8. The molecule has 0 aliphatic heterocycles. The zero-order valence-electron chi connectivity index (χ0n) is 14.2. The molecule has 0 unspecified atom stereocenters. The summed E-state index contributed by atoms with van der Waals surface area (Å²) < 4.78 is 5.89. The Morgan fingerprint density at radius 3 is 2.52 bits per heavy atom. The first-order chi connectivity index (χ1) is 12.0. The summed E-state index contributed by atoms with van der Waals surface area (Å²) in [6.45, 7) is 3.65. The van der Waals surface area contributed by atoms with E-state index in [1.54, 1.807) is 6.92 Å². The van der Waals surface area contributed by atoms with E-state index < -0.39 is 0 Å². The van der Waals surface area contributed by atoms with E-state index >= 15 is 0 Å². The molecule has 2 N–H and O–H groups in total. The predicted octanol–water partition coefficient (Wildman–Crippen LogP) is 3.65. The highest BCUT2D eigenvalue weighted by molar-refractivity contribution is 9.10. The van der Waals surface area contributed by atoms with Crippen molar-refractivity contribution in [2.24, 2.45) is 0 Å². The molecule has 2 aromatic rings. The Morgan fingerprint density at radius 1 is 1.16 bits per heavy atom. The van der Waals surface area contributed by atoms with Crippen molar-refractivity contribution >= 4 is 33.5 Å².